The third-order valence-electron chi connectivity index (χ3n) is 4.34. The van der Waals surface area contributed by atoms with Gasteiger partial charge in [0.05, 0.1) is 5.69 Å². The van der Waals surface area contributed by atoms with Gasteiger partial charge in [-0.25, -0.2) is 0 Å². The number of hydrogen-bond acceptors (Lipinski definition) is 4. The van der Waals surface area contributed by atoms with E-state index >= 15 is 0 Å². The van der Waals surface area contributed by atoms with Crippen molar-refractivity contribution in [2.45, 2.75) is 26.2 Å². The minimum absolute atomic E-state index is 0.183. The van der Waals surface area contributed by atoms with Crippen molar-refractivity contribution in [1.29, 1.82) is 0 Å². The highest BCUT2D eigenvalue weighted by Crippen LogP contribution is 2.24. The summed E-state index contributed by atoms with van der Waals surface area (Å²) >= 11 is 0. The number of anilines is 2. The Morgan fingerprint density at radius 3 is 2.25 bits per heavy atom. The quantitative estimate of drug-likeness (QED) is 0.755. The van der Waals surface area contributed by atoms with E-state index in [1.165, 1.54) is 6.07 Å². The van der Waals surface area contributed by atoms with Crippen LogP contribution in [0.2, 0.25) is 0 Å². The molecule has 0 atom stereocenters. The van der Waals surface area contributed by atoms with Gasteiger partial charge < -0.3 is 10.6 Å². The molecule has 1 aliphatic heterocycles. The smallest absolute Gasteiger partial charge is 0.255 e. The van der Waals surface area contributed by atoms with Crippen LogP contribution >= 0.6 is 0 Å². The lowest BCUT2D eigenvalue weighted by Gasteiger charge is -2.15. The Bertz CT molecular complexity index is 923. The molecule has 1 aliphatic rings. The van der Waals surface area contributed by atoms with Gasteiger partial charge in [0.25, 0.3) is 11.8 Å². The fourth-order valence-electron chi connectivity index (χ4n) is 2.93. The van der Waals surface area contributed by atoms with E-state index in [9.17, 15) is 19.2 Å². The van der Waals surface area contributed by atoms with Crippen LogP contribution in [-0.2, 0) is 9.59 Å². The van der Waals surface area contributed by atoms with Gasteiger partial charge in [0.1, 0.15) is 0 Å². The van der Waals surface area contributed by atoms with Crippen molar-refractivity contribution in [3.05, 3.63) is 59.7 Å². The molecule has 0 radical (unpaired) electrons. The normalized spacial score (nSPS) is 13.5. The summed E-state index contributed by atoms with van der Waals surface area (Å²) in [4.78, 5) is 49.6. The third-order valence-corrected chi connectivity index (χ3v) is 4.34. The topological polar surface area (TPSA) is 95.6 Å². The van der Waals surface area contributed by atoms with Gasteiger partial charge in [-0.2, -0.15) is 0 Å². The van der Waals surface area contributed by atoms with Crippen LogP contribution in [0.25, 0.3) is 0 Å². The maximum absolute atomic E-state index is 12.6. The molecule has 28 heavy (non-hydrogen) atoms. The van der Waals surface area contributed by atoms with Crippen molar-refractivity contribution in [2.24, 2.45) is 0 Å². The SMILES string of the molecule is CCCNC(=O)c1cccc(NC(=O)c2cccc(N3C(=O)CCC3=O)c2)c1. The molecule has 7 nitrogen and oxygen atoms in total. The summed E-state index contributed by atoms with van der Waals surface area (Å²) in [5.74, 6) is -1.14. The van der Waals surface area contributed by atoms with Crippen LogP contribution in [-0.4, -0.2) is 30.2 Å². The Morgan fingerprint density at radius 2 is 1.57 bits per heavy atom. The van der Waals surface area contributed by atoms with Gasteiger partial charge in [-0.3, -0.25) is 24.1 Å². The molecule has 0 spiro atoms. The first-order chi connectivity index (χ1) is 13.5. The molecule has 7 heteroatoms. The molecule has 0 saturated carbocycles. The van der Waals surface area contributed by atoms with Gasteiger partial charge in [-0.1, -0.05) is 19.1 Å². The van der Waals surface area contributed by atoms with Crippen molar-refractivity contribution in [3.8, 4) is 0 Å². The zero-order chi connectivity index (χ0) is 20.1. The highest BCUT2D eigenvalue weighted by Gasteiger charge is 2.30. The summed E-state index contributed by atoms with van der Waals surface area (Å²) in [6.45, 7) is 2.55. The molecule has 0 bridgehead atoms. The summed E-state index contributed by atoms with van der Waals surface area (Å²) in [5, 5.41) is 5.53. The lowest BCUT2D eigenvalue weighted by atomic mass is 10.1. The molecule has 2 aromatic rings. The van der Waals surface area contributed by atoms with E-state index in [2.05, 4.69) is 10.6 Å². The van der Waals surface area contributed by atoms with Gasteiger partial charge in [-0.15, -0.1) is 0 Å². The second kappa shape index (κ2) is 8.47. The number of rotatable bonds is 6. The van der Waals surface area contributed by atoms with Gasteiger partial charge in [-0.05, 0) is 42.8 Å². The minimum Gasteiger partial charge on any atom is -0.352 e. The molecule has 0 unspecified atom stereocenters. The molecule has 1 saturated heterocycles. The minimum atomic E-state index is -0.396. The summed E-state index contributed by atoms with van der Waals surface area (Å²) in [5.41, 5.74) is 1.62. The van der Waals surface area contributed by atoms with Gasteiger partial charge >= 0.3 is 0 Å². The zero-order valence-corrected chi connectivity index (χ0v) is 15.5. The number of nitrogens with one attached hydrogen (secondary N) is 2. The Morgan fingerprint density at radius 1 is 0.929 bits per heavy atom. The van der Waals surface area contributed by atoms with Gasteiger partial charge in [0.2, 0.25) is 11.8 Å². The molecular formula is C21H21N3O4. The van der Waals surface area contributed by atoms with E-state index in [1.807, 2.05) is 6.92 Å². The predicted molar refractivity (Wildman–Crippen MR) is 105 cm³/mol. The van der Waals surface area contributed by atoms with E-state index in [0.29, 0.717) is 29.0 Å². The summed E-state index contributed by atoms with van der Waals surface area (Å²) in [6, 6.07) is 13.0. The highest BCUT2D eigenvalue weighted by atomic mass is 16.2. The lowest BCUT2D eigenvalue weighted by molar-refractivity contribution is -0.121. The second-order valence-corrected chi connectivity index (χ2v) is 6.46. The summed E-state index contributed by atoms with van der Waals surface area (Å²) in [6.07, 6.45) is 1.20. The van der Waals surface area contributed by atoms with Gasteiger partial charge in [0, 0.05) is 36.2 Å². The fourth-order valence-corrected chi connectivity index (χ4v) is 2.93. The van der Waals surface area contributed by atoms with Crippen LogP contribution in [0.1, 0.15) is 46.9 Å². The molecule has 4 amide bonds. The Hall–Kier alpha value is -3.48. The number of hydrogen-bond donors (Lipinski definition) is 2. The molecule has 144 valence electrons. The van der Waals surface area contributed by atoms with Crippen LogP contribution in [0.3, 0.4) is 0 Å². The van der Waals surface area contributed by atoms with Crippen molar-refractivity contribution < 1.29 is 19.2 Å². The molecule has 0 aromatic heterocycles. The largest absolute Gasteiger partial charge is 0.352 e. The van der Waals surface area contributed by atoms with Gasteiger partial charge in [0.15, 0.2) is 0 Å². The van der Waals surface area contributed by atoms with Crippen molar-refractivity contribution in [2.75, 3.05) is 16.8 Å². The molecule has 2 aromatic carbocycles. The third kappa shape index (κ3) is 4.25. The molecule has 2 N–H and O–H groups in total. The highest BCUT2D eigenvalue weighted by molar-refractivity contribution is 6.20. The van der Waals surface area contributed by atoms with E-state index < -0.39 is 5.91 Å². The van der Waals surface area contributed by atoms with Crippen molar-refractivity contribution >= 4 is 35.0 Å². The summed E-state index contributed by atoms with van der Waals surface area (Å²) < 4.78 is 0. The number of nitrogens with zero attached hydrogens (tertiary/aromatic N) is 1. The average molecular weight is 379 g/mol. The van der Waals surface area contributed by atoms with Crippen LogP contribution in [0.15, 0.2) is 48.5 Å². The summed E-state index contributed by atoms with van der Waals surface area (Å²) in [7, 11) is 0. The Kier molecular flexibility index (Phi) is 5.84. The molecule has 1 heterocycles. The van der Waals surface area contributed by atoms with Crippen LogP contribution in [0, 0.1) is 0 Å². The number of carbonyl (C=O) groups excluding carboxylic acids is 4. The monoisotopic (exact) mass is 379 g/mol. The number of imide groups is 1. The van der Waals surface area contributed by atoms with Crippen molar-refractivity contribution in [1.82, 2.24) is 5.32 Å². The Labute approximate surface area is 162 Å². The van der Waals surface area contributed by atoms with Crippen molar-refractivity contribution in [3.63, 3.8) is 0 Å². The first-order valence-corrected chi connectivity index (χ1v) is 9.15. The lowest BCUT2D eigenvalue weighted by Crippen LogP contribution is -2.28. The fraction of sp³-hybridized carbons (Fsp3) is 0.238. The molecule has 3 rings (SSSR count). The standard InChI is InChI=1S/C21H21N3O4/c1-2-11-22-20(27)14-5-3-7-16(12-14)23-21(28)15-6-4-8-17(13-15)24-18(25)9-10-19(24)26/h3-8,12-13H,2,9-11H2,1H3,(H,22,27)(H,23,28). The van der Waals surface area contributed by atoms with E-state index in [0.717, 1.165) is 11.3 Å². The zero-order valence-electron chi connectivity index (χ0n) is 15.5. The Balaban J connectivity index is 1.75. The van der Waals surface area contributed by atoms with Crippen LogP contribution < -0.4 is 15.5 Å². The van der Waals surface area contributed by atoms with E-state index in [-0.39, 0.29) is 30.6 Å². The van der Waals surface area contributed by atoms with Crippen LogP contribution in [0.5, 0.6) is 0 Å². The number of amides is 4. The first kappa shape index (κ1) is 19.3. The average Bonchev–Trinajstić information content (AvgIpc) is 3.04. The maximum Gasteiger partial charge on any atom is 0.255 e. The van der Waals surface area contributed by atoms with Crippen LogP contribution in [0.4, 0.5) is 11.4 Å². The van der Waals surface area contributed by atoms with E-state index in [1.54, 1.807) is 42.5 Å². The maximum atomic E-state index is 12.6. The first-order valence-electron chi connectivity index (χ1n) is 9.15. The van der Waals surface area contributed by atoms with E-state index in [4.69, 9.17) is 0 Å². The molecule has 0 aliphatic carbocycles. The molecular weight excluding hydrogens is 358 g/mol. The predicted octanol–water partition coefficient (Wildman–Crippen LogP) is 2.73. The number of benzene rings is 2. The second-order valence-electron chi connectivity index (χ2n) is 6.46. The number of carbonyl (C=O) groups is 4. The molecule has 1 fully saturated rings.